The van der Waals surface area contributed by atoms with E-state index in [2.05, 4.69) is 24.3 Å². The standard InChI is InChI=1S/C14H20N4O2/c1-3-11(4-2)9-15-13(19)10-18-14(20)17-8-6-5-7-12(17)16-18/h5-8,11H,3-4,9-10H2,1-2H3,(H,15,19). The molecule has 0 aliphatic rings. The van der Waals surface area contributed by atoms with E-state index >= 15 is 0 Å². The molecule has 1 N–H and O–H groups in total. The van der Waals surface area contributed by atoms with E-state index in [1.54, 1.807) is 24.4 Å². The zero-order valence-corrected chi connectivity index (χ0v) is 11.9. The number of carbonyl (C=O) groups is 1. The van der Waals surface area contributed by atoms with Gasteiger partial charge in [0.25, 0.3) is 0 Å². The minimum atomic E-state index is -0.293. The molecule has 6 nitrogen and oxygen atoms in total. The SMILES string of the molecule is CCC(CC)CNC(=O)Cn1nc2ccccn2c1=O. The molecule has 0 aliphatic heterocycles. The monoisotopic (exact) mass is 276 g/mol. The summed E-state index contributed by atoms with van der Waals surface area (Å²) in [5.74, 6) is 0.305. The van der Waals surface area contributed by atoms with Gasteiger partial charge in [0.15, 0.2) is 5.65 Å². The molecule has 2 heterocycles. The van der Waals surface area contributed by atoms with Crippen LogP contribution in [0.15, 0.2) is 29.2 Å². The molecule has 6 heteroatoms. The molecular weight excluding hydrogens is 256 g/mol. The van der Waals surface area contributed by atoms with E-state index in [1.165, 1.54) is 9.08 Å². The highest BCUT2D eigenvalue weighted by molar-refractivity contribution is 5.75. The molecule has 0 aromatic carbocycles. The number of pyridine rings is 1. The van der Waals surface area contributed by atoms with Gasteiger partial charge in [0.2, 0.25) is 5.91 Å². The van der Waals surface area contributed by atoms with Crippen molar-refractivity contribution in [3.05, 3.63) is 34.9 Å². The topological polar surface area (TPSA) is 68.4 Å². The van der Waals surface area contributed by atoms with Gasteiger partial charge in [0.05, 0.1) is 0 Å². The Labute approximate surface area is 117 Å². The second-order valence-electron chi connectivity index (χ2n) is 4.86. The van der Waals surface area contributed by atoms with Crippen molar-refractivity contribution in [3.8, 4) is 0 Å². The lowest BCUT2D eigenvalue weighted by Gasteiger charge is -2.12. The molecule has 0 atom stereocenters. The Morgan fingerprint density at radius 2 is 2.10 bits per heavy atom. The van der Waals surface area contributed by atoms with Crippen molar-refractivity contribution in [2.75, 3.05) is 6.54 Å². The van der Waals surface area contributed by atoms with Crippen LogP contribution < -0.4 is 11.0 Å². The Kier molecular flexibility index (Phi) is 4.55. The molecule has 0 radical (unpaired) electrons. The number of carbonyl (C=O) groups excluding carboxylic acids is 1. The van der Waals surface area contributed by atoms with E-state index in [1.807, 2.05) is 0 Å². The normalized spacial score (nSPS) is 11.2. The fourth-order valence-electron chi connectivity index (χ4n) is 2.10. The van der Waals surface area contributed by atoms with Crippen molar-refractivity contribution in [3.63, 3.8) is 0 Å². The van der Waals surface area contributed by atoms with Crippen LogP contribution in [-0.2, 0) is 11.3 Å². The van der Waals surface area contributed by atoms with Crippen LogP contribution in [0.1, 0.15) is 26.7 Å². The number of amides is 1. The van der Waals surface area contributed by atoms with Gasteiger partial charge in [0, 0.05) is 12.7 Å². The predicted octanol–water partition coefficient (Wildman–Crippen LogP) is 1.05. The van der Waals surface area contributed by atoms with Crippen LogP contribution in [0.2, 0.25) is 0 Å². The number of nitrogens with one attached hydrogen (secondary N) is 1. The van der Waals surface area contributed by atoms with Crippen LogP contribution in [-0.4, -0.2) is 26.6 Å². The molecule has 0 saturated carbocycles. The van der Waals surface area contributed by atoms with Crippen LogP contribution in [0.25, 0.3) is 5.65 Å². The first-order chi connectivity index (χ1) is 9.65. The second kappa shape index (κ2) is 6.36. The zero-order valence-electron chi connectivity index (χ0n) is 11.9. The highest BCUT2D eigenvalue weighted by Crippen LogP contribution is 2.04. The Morgan fingerprint density at radius 1 is 1.35 bits per heavy atom. The second-order valence-corrected chi connectivity index (χ2v) is 4.86. The van der Waals surface area contributed by atoms with Gasteiger partial charge in [-0.2, -0.15) is 0 Å². The minimum absolute atomic E-state index is 0.0410. The van der Waals surface area contributed by atoms with Crippen LogP contribution in [0.5, 0.6) is 0 Å². The van der Waals surface area contributed by atoms with Crippen LogP contribution in [0, 0.1) is 5.92 Å². The summed E-state index contributed by atoms with van der Waals surface area (Å²) in [5, 5.41) is 6.98. The summed E-state index contributed by atoms with van der Waals surface area (Å²) < 4.78 is 2.62. The third-order valence-corrected chi connectivity index (χ3v) is 3.52. The molecule has 0 fully saturated rings. The Balaban J connectivity index is 2.03. The number of fused-ring (bicyclic) bond motifs is 1. The van der Waals surface area contributed by atoms with Crippen LogP contribution in [0.4, 0.5) is 0 Å². The molecule has 2 aromatic rings. The molecule has 0 unspecified atom stereocenters. The van der Waals surface area contributed by atoms with Gasteiger partial charge in [-0.25, -0.2) is 9.48 Å². The third kappa shape index (κ3) is 3.07. The van der Waals surface area contributed by atoms with Crippen molar-refractivity contribution in [2.45, 2.75) is 33.2 Å². The quantitative estimate of drug-likeness (QED) is 0.857. The van der Waals surface area contributed by atoms with Crippen molar-refractivity contribution in [2.24, 2.45) is 5.92 Å². The van der Waals surface area contributed by atoms with Gasteiger partial charge in [-0.3, -0.25) is 9.20 Å². The molecule has 0 aliphatic carbocycles. The van der Waals surface area contributed by atoms with Gasteiger partial charge < -0.3 is 5.32 Å². The number of rotatable bonds is 6. The average Bonchev–Trinajstić information content (AvgIpc) is 2.77. The molecule has 108 valence electrons. The largest absolute Gasteiger partial charge is 0.354 e. The van der Waals surface area contributed by atoms with Crippen molar-refractivity contribution in [1.82, 2.24) is 19.5 Å². The van der Waals surface area contributed by atoms with Gasteiger partial charge >= 0.3 is 5.69 Å². The van der Waals surface area contributed by atoms with E-state index in [4.69, 9.17) is 0 Å². The predicted molar refractivity (Wildman–Crippen MR) is 76.5 cm³/mol. The van der Waals surface area contributed by atoms with Crippen molar-refractivity contribution < 1.29 is 4.79 Å². The minimum Gasteiger partial charge on any atom is -0.354 e. The van der Waals surface area contributed by atoms with E-state index in [0.717, 1.165) is 12.8 Å². The molecule has 0 bridgehead atoms. The Morgan fingerprint density at radius 3 is 2.75 bits per heavy atom. The first-order valence-corrected chi connectivity index (χ1v) is 6.96. The van der Waals surface area contributed by atoms with Gasteiger partial charge in [0.1, 0.15) is 6.54 Å². The maximum absolute atomic E-state index is 12.0. The Bertz CT molecular complexity index is 640. The lowest BCUT2D eigenvalue weighted by Crippen LogP contribution is -2.35. The van der Waals surface area contributed by atoms with Gasteiger partial charge in [-0.05, 0) is 18.1 Å². The van der Waals surface area contributed by atoms with E-state index in [9.17, 15) is 9.59 Å². The van der Waals surface area contributed by atoms with Crippen molar-refractivity contribution >= 4 is 11.6 Å². The number of hydrogen-bond donors (Lipinski definition) is 1. The lowest BCUT2D eigenvalue weighted by molar-refractivity contribution is -0.122. The summed E-state index contributed by atoms with van der Waals surface area (Å²) in [6.07, 6.45) is 3.71. The van der Waals surface area contributed by atoms with Gasteiger partial charge in [-0.15, -0.1) is 5.10 Å². The van der Waals surface area contributed by atoms with E-state index in [-0.39, 0.29) is 18.1 Å². The summed E-state index contributed by atoms with van der Waals surface area (Å²) in [4.78, 5) is 23.9. The fraction of sp³-hybridized carbons (Fsp3) is 0.500. The molecule has 20 heavy (non-hydrogen) atoms. The summed E-state index contributed by atoms with van der Waals surface area (Å²) >= 11 is 0. The summed E-state index contributed by atoms with van der Waals surface area (Å²) in [6.45, 7) is 4.81. The Hall–Kier alpha value is -2.11. The molecule has 2 aromatic heterocycles. The smallest absolute Gasteiger partial charge is 0.350 e. The lowest BCUT2D eigenvalue weighted by atomic mass is 10.0. The first-order valence-electron chi connectivity index (χ1n) is 6.96. The summed E-state index contributed by atoms with van der Waals surface area (Å²) in [5.41, 5.74) is 0.253. The third-order valence-electron chi connectivity index (χ3n) is 3.52. The fourth-order valence-corrected chi connectivity index (χ4v) is 2.10. The first kappa shape index (κ1) is 14.3. The molecular formula is C14H20N4O2. The summed E-state index contributed by atoms with van der Waals surface area (Å²) in [7, 11) is 0. The van der Waals surface area contributed by atoms with E-state index < -0.39 is 0 Å². The molecule has 0 saturated heterocycles. The average molecular weight is 276 g/mol. The van der Waals surface area contributed by atoms with Crippen LogP contribution >= 0.6 is 0 Å². The maximum Gasteiger partial charge on any atom is 0.350 e. The molecule has 2 rings (SSSR count). The van der Waals surface area contributed by atoms with Crippen LogP contribution in [0.3, 0.4) is 0 Å². The van der Waals surface area contributed by atoms with E-state index in [0.29, 0.717) is 18.1 Å². The molecule has 1 amide bonds. The number of hydrogen-bond acceptors (Lipinski definition) is 3. The summed E-state index contributed by atoms with van der Waals surface area (Å²) in [6, 6.07) is 5.30. The maximum atomic E-state index is 12.0. The number of nitrogens with zero attached hydrogens (tertiary/aromatic N) is 3. The highest BCUT2D eigenvalue weighted by atomic mass is 16.2. The van der Waals surface area contributed by atoms with Gasteiger partial charge in [-0.1, -0.05) is 32.8 Å². The zero-order chi connectivity index (χ0) is 14.5. The number of aromatic nitrogens is 3. The van der Waals surface area contributed by atoms with Crippen molar-refractivity contribution in [1.29, 1.82) is 0 Å². The molecule has 0 spiro atoms. The highest BCUT2D eigenvalue weighted by Gasteiger charge is 2.11.